The number of nitrogens with zero attached hydrogens (tertiary/aromatic N) is 1. The molecule has 0 aliphatic heterocycles. The maximum absolute atomic E-state index is 12.5. The first-order valence-corrected chi connectivity index (χ1v) is 8.74. The number of rotatable bonds is 9. The van der Waals surface area contributed by atoms with Crippen molar-refractivity contribution in [3.63, 3.8) is 0 Å². The number of anilines is 1. The lowest BCUT2D eigenvalue weighted by molar-refractivity contribution is -0.120. The van der Waals surface area contributed by atoms with Gasteiger partial charge in [-0.25, -0.2) is 0 Å². The summed E-state index contributed by atoms with van der Waals surface area (Å²) in [5.74, 6) is -0.665. The topological polar surface area (TPSA) is 93.9 Å². The lowest BCUT2D eigenvalue weighted by atomic mass is 10.1. The average Bonchev–Trinajstić information content (AvgIpc) is 2.68. The number of nitrogens with one attached hydrogen (secondary N) is 1. The Balaban J connectivity index is 2.01. The number of hydrogen-bond acceptors (Lipinski definition) is 5. The number of nitrogens with two attached hydrogens (primary N) is 1. The summed E-state index contributed by atoms with van der Waals surface area (Å²) in [7, 11) is 3.12. The summed E-state index contributed by atoms with van der Waals surface area (Å²) >= 11 is 0. The summed E-state index contributed by atoms with van der Waals surface area (Å²) in [6.07, 6.45) is 0. The van der Waals surface area contributed by atoms with E-state index >= 15 is 0 Å². The summed E-state index contributed by atoms with van der Waals surface area (Å²) in [6, 6.07) is 10.4. The molecule has 0 unspecified atom stereocenters. The van der Waals surface area contributed by atoms with Crippen molar-refractivity contribution >= 4 is 17.5 Å². The highest BCUT2D eigenvalue weighted by molar-refractivity contribution is 5.96. The van der Waals surface area contributed by atoms with Crippen LogP contribution in [0.1, 0.15) is 22.8 Å². The number of halogens is 2. The monoisotopic (exact) mass is 407 g/mol. The third-order valence-corrected chi connectivity index (χ3v) is 4.35. The summed E-state index contributed by atoms with van der Waals surface area (Å²) < 4.78 is 34.4. The molecule has 0 aromatic heterocycles. The SMILES string of the molecule is COc1cc(CN(C)[C@H](C)C(=O)Nc2ccc(C(N)=O)cc2)ccc1OC(F)F. The molecule has 2 amide bonds. The second-order valence-corrected chi connectivity index (χ2v) is 6.39. The van der Waals surface area contributed by atoms with Gasteiger partial charge in [0.15, 0.2) is 11.5 Å². The number of alkyl halides is 2. The third-order valence-electron chi connectivity index (χ3n) is 4.35. The van der Waals surface area contributed by atoms with E-state index in [0.717, 1.165) is 5.56 Å². The zero-order valence-electron chi connectivity index (χ0n) is 16.3. The predicted octanol–water partition coefficient (Wildman–Crippen LogP) is 2.85. The van der Waals surface area contributed by atoms with Crippen LogP contribution in [0.15, 0.2) is 42.5 Å². The minimum atomic E-state index is -2.95. The van der Waals surface area contributed by atoms with E-state index in [0.29, 0.717) is 17.8 Å². The minimum Gasteiger partial charge on any atom is -0.493 e. The van der Waals surface area contributed by atoms with Gasteiger partial charge in [0.05, 0.1) is 13.2 Å². The molecule has 0 saturated carbocycles. The Morgan fingerprint density at radius 1 is 1.14 bits per heavy atom. The van der Waals surface area contributed by atoms with Gasteiger partial charge in [-0.15, -0.1) is 0 Å². The Morgan fingerprint density at radius 3 is 2.34 bits per heavy atom. The number of carbonyl (C=O) groups excluding carboxylic acids is 2. The van der Waals surface area contributed by atoms with E-state index in [-0.39, 0.29) is 17.4 Å². The average molecular weight is 407 g/mol. The second-order valence-electron chi connectivity index (χ2n) is 6.39. The van der Waals surface area contributed by atoms with Gasteiger partial charge >= 0.3 is 6.61 Å². The fourth-order valence-electron chi connectivity index (χ4n) is 2.59. The number of amides is 2. The van der Waals surface area contributed by atoms with Crippen molar-refractivity contribution in [3.8, 4) is 11.5 Å². The first kappa shape index (κ1) is 22.1. The molecule has 2 aromatic rings. The predicted molar refractivity (Wildman–Crippen MR) is 104 cm³/mol. The van der Waals surface area contributed by atoms with Crippen molar-refractivity contribution in [2.75, 3.05) is 19.5 Å². The molecule has 0 fully saturated rings. The first-order valence-electron chi connectivity index (χ1n) is 8.74. The summed E-state index contributed by atoms with van der Waals surface area (Å²) in [4.78, 5) is 25.4. The van der Waals surface area contributed by atoms with Gasteiger partial charge in [0, 0.05) is 17.8 Å². The van der Waals surface area contributed by atoms with E-state index in [9.17, 15) is 18.4 Å². The van der Waals surface area contributed by atoms with Crippen LogP contribution in [0.25, 0.3) is 0 Å². The van der Waals surface area contributed by atoms with Gasteiger partial charge in [0.25, 0.3) is 0 Å². The molecule has 0 heterocycles. The zero-order valence-corrected chi connectivity index (χ0v) is 16.3. The van der Waals surface area contributed by atoms with Gasteiger partial charge in [0.2, 0.25) is 11.8 Å². The molecule has 0 aliphatic rings. The first-order chi connectivity index (χ1) is 13.7. The van der Waals surface area contributed by atoms with Crippen LogP contribution in [-0.2, 0) is 11.3 Å². The molecule has 0 bridgehead atoms. The van der Waals surface area contributed by atoms with Gasteiger partial charge in [-0.1, -0.05) is 6.07 Å². The van der Waals surface area contributed by atoms with Gasteiger partial charge in [-0.05, 0) is 55.9 Å². The lowest BCUT2D eigenvalue weighted by Crippen LogP contribution is -2.39. The fraction of sp³-hybridized carbons (Fsp3) is 0.300. The Kier molecular flexibility index (Phi) is 7.49. The molecular weight excluding hydrogens is 384 g/mol. The van der Waals surface area contributed by atoms with Crippen LogP contribution in [-0.4, -0.2) is 43.5 Å². The van der Waals surface area contributed by atoms with Crippen LogP contribution in [0.4, 0.5) is 14.5 Å². The van der Waals surface area contributed by atoms with Crippen LogP contribution in [0.5, 0.6) is 11.5 Å². The Hall–Kier alpha value is -3.20. The number of carbonyl (C=O) groups is 2. The van der Waals surface area contributed by atoms with E-state index in [2.05, 4.69) is 10.1 Å². The maximum atomic E-state index is 12.5. The quantitative estimate of drug-likeness (QED) is 0.667. The minimum absolute atomic E-state index is 0.0564. The molecule has 0 saturated heterocycles. The van der Waals surface area contributed by atoms with Crippen molar-refractivity contribution in [1.82, 2.24) is 4.90 Å². The summed E-state index contributed by atoms with van der Waals surface area (Å²) in [5, 5.41) is 2.77. The molecule has 9 heteroatoms. The van der Waals surface area contributed by atoms with Crippen molar-refractivity contribution in [2.24, 2.45) is 5.73 Å². The van der Waals surface area contributed by atoms with Crippen LogP contribution in [0.2, 0.25) is 0 Å². The summed E-state index contributed by atoms with van der Waals surface area (Å²) in [5.41, 5.74) is 6.84. The molecular formula is C20H23F2N3O4. The molecule has 2 rings (SSSR count). The number of ether oxygens (including phenoxy) is 2. The normalized spacial score (nSPS) is 12.0. The molecule has 156 valence electrons. The largest absolute Gasteiger partial charge is 0.493 e. The number of benzene rings is 2. The lowest BCUT2D eigenvalue weighted by Gasteiger charge is -2.24. The van der Waals surface area contributed by atoms with Crippen molar-refractivity contribution in [1.29, 1.82) is 0 Å². The molecule has 0 radical (unpaired) electrons. The van der Waals surface area contributed by atoms with Crippen LogP contribution < -0.4 is 20.5 Å². The highest BCUT2D eigenvalue weighted by Crippen LogP contribution is 2.30. The maximum Gasteiger partial charge on any atom is 0.387 e. The highest BCUT2D eigenvalue weighted by Gasteiger charge is 2.19. The van der Waals surface area contributed by atoms with E-state index in [1.165, 1.54) is 25.3 Å². The van der Waals surface area contributed by atoms with Gasteiger partial charge in [0.1, 0.15) is 0 Å². The second kappa shape index (κ2) is 9.83. The smallest absolute Gasteiger partial charge is 0.387 e. The Bertz CT molecular complexity index is 859. The van der Waals surface area contributed by atoms with Crippen LogP contribution >= 0.6 is 0 Å². The Morgan fingerprint density at radius 2 is 1.79 bits per heavy atom. The van der Waals surface area contributed by atoms with E-state index < -0.39 is 18.6 Å². The zero-order chi connectivity index (χ0) is 21.6. The van der Waals surface area contributed by atoms with Crippen molar-refractivity contribution in [2.45, 2.75) is 26.1 Å². The summed E-state index contributed by atoms with van der Waals surface area (Å²) in [6.45, 7) is -0.836. The van der Waals surface area contributed by atoms with Gasteiger partial charge in [-0.2, -0.15) is 8.78 Å². The third kappa shape index (κ3) is 6.15. The van der Waals surface area contributed by atoms with E-state index in [1.807, 2.05) is 0 Å². The molecule has 29 heavy (non-hydrogen) atoms. The number of methoxy groups -OCH3 is 1. The molecule has 2 aromatic carbocycles. The van der Waals surface area contributed by atoms with Crippen LogP contribution in [0.3, 0.4) is 0 Å². The molecule has 0 aliphatic carbocycles. The highest BCUT2D eigenvalue weighted by atomic mass is 19.3. The molecule has 0 spiro atoms. The van der Waals surface area contributed by atoms with E-state index in [1.54, 1.807) is 43.1 Å². The van der Waals surface area contributed by atoms with E-state index in [4.69, 9.17) is 10.5 Å². The molecule has 1 atom stereocenters. The van der Waals surface area contributed by atoms with Crippen molar-refractivity contribution in [3.05, 3.63) is 53.6 Å². The van der Waals surface area contributed by atoms with Crippen LogP contribution in [0, 0.1) is 0 Å². The number of hydrogen-bond donors (Lipinski definition) is 2. The van der Waals surface area contributed by atoms with Crippen molar-refractivity contribution < 1.29 is 27.8 Å². The number of likely N-dealkylation sites (N-methyl/N-ethyl adjacent to an activating group) is 1. The van der Waals surface area contributed by atoms with Gasteiger partial charge < -0.3 is 20.5 Å². The number of primary amides is 1. The standard InChI is InChI=1S/C20H23F2N3O4/c1-12(19(27)24-15-7-5-14(6-8-15)18(23)26)25(2)11-13-4-9-16(29-20(21)22)17(10-13)28-3/h4-10,12,20H,11H2,1-3H3,(H2,23,26)(H,24,27)/t12-/m1/s1. The fourth-order valence-corrected chi connectivity index (χ4v) is 2.59. The Labute approximate surface area is 167 Å². The molecule has 3 N–H and O–H groups in total. The molecule has 7 nitrogen and oxygen atoms in total. The van der Waals surface area contributed by atoms with Gasteiger partial charge in [-0.3, -0.25) is 14.5 Å².